The van der Waals surface area contributed by atoms with Crippen LogP contribution >= 0.6 is 0 Å². The van der Waals surface area contributed by atoms with Crippen molar-refractivity contribution in [1.29, 1.82) is 0 Å². The molecule has 1 rings (SSSR count). The molecule has 114 valence electrons. The molecule has 3 N–H and O–H groups in total. The van der Waals surface area contributed by atoms with Crippen LogP contribution in [-0.4, -0.2) is 48.3 Å². The van der Waals surface area contributed by atoms with Crippen LogP contribution in [0.15, 0.2) is 0 Å². The van der Waals surface area contributed by atoms with Gasteiger partial charge in [0.25, 0.3) is 0 Å². The lowest BCUT2D eigenvalue weighted by Crippen LogP contribution is -2.38. The Morgan fingerprint density at radius 2 is 2.05 bits per heavy atom. The molecule has 0 radical (unpaired) electrons. The van der Waals surface area contributed by atoms with Gasteiger partial charge in [-0.3, -0.25) is 5.73 Å². The van der Waals surface area contributed by atoms with Gasteiger partial charge in [0.1, 0.15) is 6.61 Å². The molecular weight excluding hydrogens is 250 g/mol. The summed E-state index contributed by atoms with van der Waals surface area (Å²) in [6.07, 6.45) is -1.16. The van der Waals surface area contributed by atoms with Crippen LogP contribution in [0.3, 0.4) is 0 Å². The third-order valence-electron chi connectivity index (χ3n) is 2.61. The first-order valence-corrected chi connectivity index (χ1v) is 6.60. The molecule has 1 fully saturated rings. The van der Waals surface area contributed by atoms with Crippen LogP contribution in [0.1, 0.15) is 41.0 Å². The molecule has 0 aromatic heterocycles. The van der Waals surface area contributed by atoms with Crippen LogP contribution < -0.4 is 5.73 Å². The maximum atomic E-state index is 8.96. The van der Waals surface area contributed by atoms with Crippen LogP contribution in [0.25, 0.3) is 0 Å². The molecule has 3 unspecified atom stereocenters. The number of hydrogen-bond acceptors (Lipinski definition) is 6. The molecule has 0 amide bonds. The standard InChI is InChI=1S/C13H27NO5/c1-12(2,3)19-10(8-16-11(14)15)18-9-6-13(4,5)17-7-9/h9-11,15H,6-8,14H2,1-5H3. The van der Waals surface area contributed by atoms with Crippen molar-refractivity contribution in [2.75, 3.05) is 13.2 Å². The van der Waals surface area contributed by atoms with E-state index in [1.807, 2.05) is 34.6 Å². The maximum absolute atomic E-state index is 8.96. The van der Waals surface area contributed by atoms with Gasteiger partial charge in [0.05, 0.1) is 23.9 Å². The molecule has 19 heavy (non-hydrogen) atoms. The van der Waals surface area contributed by atoms with E-state index in [0.717, 1.165) is 6.42 Å². The first-order chi connectivity index (χ1) is 8.57. The minimum Gasteiger partial charge on any atom is -0.373 e. The van der Waals surface area contributed by atoms with E-state index in [1.54, 1.807) is 0 Å². The van der Waals surface area contributed by atoms with E-state index in [0.29, 0.717) is 6.61 Å². The molecule has 0 bridgehead atoms. The summed E-state index contributed by atoms with van der Waals surface area (Å²) in [6, 6.07) is 0. The molecule has 6 heteroatoms. The van der Waals surface area contributed by atoms with Crippen molar-refractivity contribution in [3.8, 4) is 0 Å². The minimum absolute atomic E-state index is 0.0409. The van der Waals surface area contributed by atoms with Crippen LogP contribution in [0, 0.1) is 0 Å². The van der Waals surface area contributed by atoms with Crippen LogP contribution in [0.5, 0.6) is 0 Å². The molecule has 0 saturated carbocycles. The summed E-state index contributed by atoms with van der Waals surface area (Å²) in [7, 11) is 0. The smallest absolute Gasteiger partial charge is 0.211 e. The van der Waals surface area contributed by atoms with Gasteiger partial charge >= 0.3 is 0 Å². The Bertz CT molecular complexity index is 275. The largest absolute Gasteiger partial charge is 0.373 e. The van der Waals surface area contributed by atoms with E-state index < -0.39 is 12.7 Å². The van der Waals surface area contributed by atoms with Crippen molar-refractivity contribution < 1.29 is 24.1 Å². The van der Waals surface area contributed by atoms with Gasteiger partial charge in [-0.05, 0) is 34.6 Å². The molecule has 1 heterocycles. The fourth-order valence-electron chi connectivity index (χ4n) is 1.96. The second kappa shape index (κ2) is 6.47. The predicted molar refractivity (Wildman–Crippen MR) is 70.3 cm³/mol. The van der Waals surface area contributed by atoms with Crippen molar-refractivity contribution in [2.24, 2.45) is 5.73 Å². The van der Waals surface area contributed by atoms with E-state index in [4.69, 9.17) is 29.8 Å². The zero-order valence-electron chi connectivity index (χ0n) is 12.5. The molecule has 6 nitrogen and oxygen atoms in total. The summed E-state index contributed by atoms with van der Waals surface area (Å²) in [4.78, 5) is 0. The first kappa shape index (κ1) is 16.8. The SMILES string of the molecule is CC(C)(C)OC(COC(N)O)OC1COC(C)(C)C1. The molecule has 0 aromatic carbocycles. The van der Waals surface area contributed by atoms with Crippen molar-refractivity contribution in [3.63, 3.8) is 0 Å². The van der Waals surface area contributed by atoms with E-state index >= 15 is 0 Å². The highest BCUT2D eigenvalue weighted by Crippen LogP contribution is 2.28. The van der Waals surface area contributed by atoms with E-state index in [9.17, 15) is 0 Å². The van der Waals surface area contributed by atoms with E-state index in [1.165, 1.54) is 0 Å². The van der Waals surface area contributed by atoms with Crippen molar-refractivity contribution >= 4 is 0 Å². The molecule has 3 atom stereocenters. The first-order valence-electron chi connectivity index (χ1n) is 6.60. The summed E-state index contributed by atoms with van der Waals surface area (Å²) < 4.78 is 22.2. The summed E-state index contributed by atoms with van der Waals surface area (Å²) in [6.45, 7) is 10.4. The number of ether oxygens (including phenoxy) is 4. The molecule has 1 aliphatic heterocycles. The van der Waals surface area contributed by atoms with Gasteiger partial charge in [-0.15, -0.1) is 0 Å². The summed E-state index contributed by atoms with van der Waals surface area (Å²) in [5, 5.41) is 8.96. The predicted octanol–water partition coefficient (Wildman–Crippen LogP) is 0.963. The molecule has 0 aliphatic carbocycles. The Hall–Kier alpha value is -0.240. The fraction of sp³-hybridized carbons (Fsp3) is 1.00. The lowest BCUT2D eigenvalue weighted by atomic mass is 10.1. The summed E-state index contributed by atoms with van der Waals surface area (Å²) >= 11 is 0. The third-order valence-corrected chi connectivity index (χ3v) is 2.61. The lowest BCUT2D eigenvalue weighted by molar-refractivity contribution is -0.251. The maximum Gasteiger partial charge on any atom is 0.211 e. The zero-order valence-corrected chi connectivity index (χ0v) is 12.5. The van der Waals surface area contributed by atoms with Gasteiger partial charge in [0.2, 0.25) is 6.41 Å². The number of hydrogen-bond donors (Lipinski definition) is 2. The monoisotopic (exact) mass is 277 g/mol. The van der Waals surface area contributed by atoms with E-state index in [2.05, 4.69) is 0 Å². The Balaban J connectivity index is 2.49. The fourth-order valence-corrected chi connectivity index (χ4v) is 1.96. The Morgan fingerprint density at radius 1 is 1.42 bits per heavy atom. The van der Waals surface area contributed by atoms with Crippen molar-refractivity contribution in [1.82, 2.24) is 0 Å². The summed E-state index contributed by atoms with van der Waals surface area (Å²) in [5.41, 5.74) is 4.61. The topological polar surface area (TPSA) is 83.2 Å². The van der Waals surface area contributed by atoms with Gasteiger partial charge in [-0.1, -0.05) is 0 Å². The third kappa shape index (κ3) is 7.20. The van der Waals surface area contributed by atoms with Gasteiger partial charge in [0, 0.05) is 6.42 Å². The molecule has 0 spiro atoms. The van der Waals surface area contributed by atoms with E-state index in [-0.39, 0.29) is 23.9 Å². The second-order valence-electron chi connectivity index (χ2n) is 6.42. The lowest BCUT2D eigenvalue weighted by Gasteiger charge is -2.29. The number of aliphatic hydroxyl groups excluding tert-OH is 1. The summed E-state index contributed by atoms with van der Waals surface area (Å²) in [5.74, 6) is 0. The van der Waals surface area contributed by atoms with Crippen LogP contribution in [0.4, 0.5) is 0 Å². The Labute approximate surface area is 115 Å². The number of nitrogens with two attached hydrogens (primary N) is 1. The van der Waals surface area contributed by atoms with Crippen molar-refractivity contribution in [2.45, 2.75) is 71.0 Å². The van der Waals surface area contributed by atoms with Gasteiger partial charge in [0.15, 0.2) is 6.29 Å². The van der Waals surface area contributed by atoms with Gasteiger partial charge in [-0.2, -0.15) is 0 Å². The highest BCUT2D eigenvalue weighted by Gasteiger charge is 2.35. The zero-order chi connectivity index (χ0) is 14.7. The number of rotatable bonds is 6. The van der Waals surface area contributed by atoms with Crippen LogP contribution in [0.2, 0.25) is 0 Å². The molecular formula is C13H27NO5. The molecule has 0 aromatic rings. The number of aliphatic hydroxyl groups is 1. The van der Waals surface area contributed by atoms with Gasteiger partial charge in [-0.25, -0.2) is 0 Å². The second-order valence-corrected chi connectivity index (χ2v) is 6.42. The highest BCUT2D eigenvalue weighted by atomic mass is 16.7. The highest BCUT2D eigenvalue weighted by molar-refractivity contribution is 4.82. The average molecular weight is 277 g/mol. The molecule has 1 aliphatic rings. The average Bonchev–Trinajstić information content (AvgIpc) is 2.52. The normalized spacial score (nSPS) is 26.4. The Kier molecular flexibility index (Phi) is 5.73. The Morgan fingerprint density at radius 3 is 2.47 bits per heavy atom. The molecule has 1 saturated heterocycles. The minimum atomic E-state index is -1.33. The van der Waals surface area contributed by atoms with Crippen molar-refractivity contribution in [3.05, 3.63) is 0 Å². The van der Waals surface area contributed by atoms with Gasteiger partial charge < -0.3 is 24.1 Å². The van der Waals surface area contributed by atoms with Crippen LogP contribution in [-0.2, 0) is 18.9 Å². The quantitative estimate of drug-likeness (QED) is 0.704.